The van der Waals surface area contributed by atoms with Crippen LogP contribution in [-0.2, 0) is 0 Å². The van der Waals surface area contributed by atoms with E-state index in [0.29, 0.717) is 0 Å². The van der Waals surface area contributed by atoms with E-state index < -0.39 is 0 Å². The van der Waals surface area contributed by atoms with Crippen molar-refractivity contribution in [1.82, 2.24) is 5.32 Å². The van der Waals surface area contributed by atoms with Gasteiger partial charge in [-0.3, -0.25) is 0 Å². The summed E-state index contributed by atoms with van der Waals surface area (Å²) in [6, 6.07) is 8.00. The molecule has 21 heavy (non-hydrogen) atoms. The van der Waals surface area contributed by atoms with Crippen LogP contribution in [0.15, 0.2) is 18.2 Å². The largest absolute Gasteiger partial charge is 0.313 e. The van der Waals surface area contributed by atoms with Crippen LogP contribution >= 0.6 is 0 Å². The Morgan fingerprint density at radius 2 is 1.67 bits per heavy atom. The third kappa shape index (κ3) is 4.10. The van der Waals surface area contributed by atoms with Gasteiger partial charge in [-0.25, -0.2) is 0 Å². The van der Waals surface area contributed by atoms with Gasteiger partial charge in [0.2, 0.25) is 0 Å². The SMILES string of the molecule is Cc1ccc(C(CNC2CC2)C2CCCCCC2)cc1C. The molecule has 116 valence electrons. The number of benzene rings is 1. The molecule has 2 fully saturated rings. The topological polar surface area (TPSA) is 12.0 Å². The van der Waals surface area contributed by atoms with Crippen LogP contribution in [0.2, 0.25) is 0 Å². The van der Waals surface area contributed by atoms with Gasteiger partial charge < -0.3 is 5.32 Å². The Balaban J connectivity index is 1.76. The zero-order chi connectivity index (χ0) is 14.7. The highest BCUT2D eigenvalue weighted by atomic mass is 14.9. The van der Waals surface area contributed by atoms with E-state index in [1.54, 1.807) is 5.56 Å². The molecule has 1 heteroatoms. The molecule has 0 aliphatic heterocycles. The molecule has 1 unspecified atom stereocenters. The predicted octanol–water partition coefficient (Wildman–Crippen LogP) is 5.11. The quantitative estimate of drug-likeness (QED) is 0.741. The molecule has 0 bridgehead atoms. The normalized spacial score (nSPS) is 22.0. The fourth-order valence-electron chi connectivity index (χ4n) is 3.85. The number of hydrogen-bond donors (Lipinski definition) is 1. The first kappa shape index (κ1) is 15.1. The Hall–Kier alpha value is -0.820. The van der Waals surface area contributed by atoms with Crippen LogP contribution in [0.4, 0.5) is 0 Å². The second kappa shape index (κ2) is 6.96. The molecule has 0 radical (unpaired) electrons. The molecule has 2 aliphatic rings. The molecule has 0 aromatic heterocycles. The summed E-state index contributed by atoms with van der Waals surface area (Å²) in [5, 5.41) is 3.81. The van der Waals surface area contributed by atoms with Gasteiger partial charge in [-0.1, -0.05) is 43.9 Å². The maximum absolute atomic E-state index is 3.81. The van der Waals surface area contributed by atoms with Crippen molar-refractivity contribution in [2.75, 3.05) is 6.54 Å². The van der Waals surface area contributed by atoms with Gasteiger partial charge in [-0.15, -0.1) is 0 Å². The van der Waals surface area contributed by atoms with E-state index >= 15 is 0 Å². The first-order valence-corrected chi connectivity index (χ1v) is 9.04. The molecule has 1 nitrogen and oxygen atoms in total. The summed E-state index contributed by atoms with van der Waals surface area (Å²) in [7, 11) is 0. The first-order chi connectivity index (χ1) is 10.2. The van der Waals surface area contributed by atoms with Crippen LogP contribution in [0.1, 0.15) is 74.0 Å². The van der Waals surface area contributed by atoms with E-state index in [-0.39, 0.29) is 0 Å². The van der Waals surface area contributed by atoms with Crippen LogP contribution < -0.4 is 5.32 Å². The van der Waals surface area contributed by atoms with Crippen LogP contribution in [0.3, 0.4) is 0 Å². The van der Waals surface area contributed by atoms with Crippen LogP contribution in [0.5, 0.6) is 0 Å². The van der Waals surface area contributed by atoms with Gasteiger partial charge in [0, 0.05) is 12.6 Å². The standard InChI is InChI=1S/C20H31N/c1-15-9-10-18(13-16(15)2)20(14-21-19-11-12-19)17-7-5-3-4-6-8-17/h9-10,13,17,19-21H,3-8,11-12,14H2,1-2H3. The van der Waals surface area contributed by atoms with Gasteiger partial charge in [0.1, 0.15) is 0 Å². The van der Waals surface area contributed by atoms with Crippen molar-refractivity contribution in [3.63, 3.8) is 0 Å². The molecule has 0 heterocycles. The molecular weight excluding hydrogens is 254 g/mol. The van der Waals surface area contributed by atoms with E-state index in [9.17, 15) is 0 Å². The van der Waals surface area contributed by atoms with Crippen molar-refractivity contribution in [3.8, 4) is 0 Å². The summed E-state index contributed by atoms with van der Waals surface area (Å²) in [6.07, 6.45) is 11.4. The van der Waals surface area contributed by atoms with E-state index in [1.807, 2.05) is 0 Å². The van der Waals surface area contributed by atoms with E-state index in [1.165, 1.54) is 69.0 Å². The van der Waals surface area contributed by atoms with E-state index in [0.717, 1.165) is 17.9 Å². The first-order valence-electron chi connectivity index (χ1n) is 9.04. The van der Waals surface area contributed by atoms with Crippen molar-refractivity contribution in [1.29, 1.82) is 0 Å². The van der Waals surface area contributed by atoms with Gasteiger partial charge in [0.05, 0.1) is 0 Å². The van der Waals surface area contributed by atoms with Gasteiger partial charge in [-0.2, -0.15) is 0 Å². The van der Waals surface area contributed by atoms with Crippen molar-refractivity contribution in [3.05, 3.63) is 34.9 Å². The number of hydrogen-bond acceptors (Lipinski definition) is 1. The van der Waals surface area contributed by atoms with Crippen molar-refractivity contribution in [2.45, 2.75) is 77.2 Å². The monoisotopic (exact) mass is 285 g/mol. The summed E-state index contributed by atoms with van der Waals surface area (Å²) in [5.41, 5.74) is 4.46. The zero-order valence-electron chi connectivity index (χ0n) is 13.8. The Morgan fingerprint density at radius 1 is 0.952 bits per heavy atom. The molecule has 1 aromatic rings. The van der Waals surface area contributed by atoms with Crippen molar-refractivity contribution in [2.24, 2.45) is 5.92 Å². The van der Waals surface area contributed by atoms with Crippen LogP contribution in [0, 0.1) is 19.8 Å². The van der Waals surface area contributed by atoms with Crippen LogP contribution in [-0.4, -0.2) is 12.6 Å². The maximum atomic E-state index is 3.81. The predicted molar refractivity (Wildman–Crippen MR) is 90.9 cm³/mol. The Morgan fingerprint density at radius 3 is 2.29 bits per heavy atom. The molecule has 0 spiro atoms. The van der Waals surface area contributed by atoms with Crippen LogP contribution in [0.25, 0.3) is 0 Å². The summed E-state index contributed by atoms with van der Waals surface area (Å²) in [6.45, 7) is 5.68. The van der Waals surface area contributed by atoms with Crippen molar-refractivity contribution >= 4 is 0 Å². The van der Waals surface area contributed by atoms with Gasteiger partial charge in [-0.05, 0) is 68.1 Å². The fraction of sp³-hybridized carbons (Fsp3) is 0.700. The smallest absolute Gasteiger partial charge is 0.00684 e. The highest BCUT2D eigenvalue weighted by Crippen LogP contribution is 2.36. The number of rotatable bonds is 5. The number of aryl methyl sites for hydroxylation is 2. The average Bonchev–Trinajstić information content (AvgIpc) is 3.30. The Bertz CT molecular complexity index is 453. The molecule has 1 N–H and O–H groups in total. The molecular formula is C20H31N. The fourth-order valence-corrected chi connectivity index (χ4v) is 3.85. The molecule has 0 amide bonds. The molecule has 2 saturated carbocycles. The second-order valence-corrected chi connectivity index (χ2v) is 7.38. The highest BCUT2D eigenvalue weighted by Gasteiger charge is 2.27. The lowest BCUT2D eigenvalue weighted by Crippen LogP contribution is -2.28. The average molecular weight is 285 g/mol. The lowest BCUT2D eigenvalue weighted by Gasteiger charge is -2.28. The minimum Gasteiger partial charge on any atom is -0.313 e. The number of nitrogens with one attached hydrogen (secondary N) is 1. The second-order valence-electron chi connectivity index (χ2n) is 7.38. The maximum Gasteiger partial charge on any atom is 0.00684 e. The minimum atomic E-state index is 0.725. The Labute approximate surface area is 130 Å². The van der Waals surface area contributed by atoms with Crippen molar-refractivity contribution < 1.29 is 0 Å². The summed E-state index contributed by atoms with van der Waals surface area (Å²) in [4.78, 5) is 0. The lowest BCUT2D eigenvalue weighted by molar-refractivity contribution is 0.360. The summed E-state index contributed by atoms with van der Waals surface area (Å²) >= 11 is 0. The highest BCUT2D eigenvalue weighted by molar-refractivity contribution is 5.32. The summed E-state index contributed by atoms with van der Waals surface area (Å²) < 4.78 is 0. The summed E-state index contributed by atoms with van der Waals surface area (Å²) in [5.74, 6) is 1.61. The van der Waals surface area contributed by atoms with Gasteiger partial charge in [0.25, 0.3) is 0 Å². The lowest BCUT2D eigenvalue weighted by atomic mass is 9.80. The molecule has 0 saturated heterocycles. The third-order valence-electron chi connectivity index (χ3n) is 5.63. The Kier molecular flexibility index (Phi) is 5.00. The molecule has 1 aromatic carbocycles. The van der Waals surface area contributed by atoms with E-state index in [2.05, 4.69) is 37.4 Å². The van der Waals surface area contributed by atoms with Gasteiger partial charge in [0.15, 0.2) is 0 Å². The molecule has 2 aliphatic carbocycles. The van der Waals surface area contributed by atoms with E-state index in [4.69, 9.17) is 0 Å². The third-order valence-corrected chi connectivity index (χ3v) is 5.63. The molecule has 3 rings (SSSR count). The minimum absolute atomic E-state index is 0.725. The zero-order valence-corrected chi connectivity index (χ0v) is 13.8. The van der Waals surface area contributed by atoms with Gasteiger partial charge >= 0.3 is 0 Å². The molecule has 1 atom stereocenters.